The molecule has 19 heavy (non-hydrogen) atoms. The van der Waals surface area contributed by atoms with Crippen molar-refractivity contribution in [1.29, 1.82) is 0 Å². The number of halogens is 1. The summed E-state index contributed by atoms with van der Waals surface area (Å²) in [5.41, 5.74) is 5.31. The number of fused-ring (bicyclic) bond motifs is 1. The van der Waals surface area contributed by atoms with E-state index >= 15 is 0 Å². The van der Waals surface area contributed by atoms with E-state index in [9.17, 15) is 0 Å². The molecule has 1 unspecified atom stereocenters. The van der Waals surface area contributed by atoms with E-state index in [1.54, 1.807) is 0 Å². The van der Waals surface area contributed by atoms with Gasteiger partial charge in [0.25, 0.3) is 0 Å². The Hall–Kier alpha value is -0.770. The maximum atomic E-state index is 6.18. The normalized spacial score (nSPS) is 15.4. The lowest BCUT2D eigenvalue weighted by Crippen LogP contribution is -2.37. The minimum atomic E-state index is 0.272. The minimum Gasteiger partial charge on any atom is -0.493 e. The van der Waals surface area contributed by atoms with Gasteiger partial charge in [0.2, 0.25) is 0 Å². The van der Waals surface area contributed by atoms with Crippen molar-refractivity contribution >= 4 is 11.6 Å². The zero-order valence-electron chi connectivity index (χ0n) is 11.7. The van der Waals surface area contributed by atoms with Gasteiger partial charge in [-0.1, -0.05) is 25.4 Å². The first kappa shape index (κ1) is 14.6. The predicted octanol–water partition coefficient (Wildman–Crippen LogP) is 3.09. The van der Waals surface area contributed by atoms with Crippen LogP contribution < -0.4 is 16.0 Å². The summed E-state index contributed by atoms with van der Waals surface area (Å²) < 4.78 is 5.73. The summed E-state index contributed by atoms with van der Waals surface area (Å²) >= 11 is 6.18. The van der Waals surface area contributed by atoms with Gasteiger partial charge in [-0.3, -0.25) is 11.3 Å². The molecular formula is C15H23ClN2O. The average molecular weight is 283 g/mol. The third kappa shape index (κ3) is 3.85. The molecule has 106 valence electrons. The van der Waals surface area contributed by atoms with Gasteiger partial charge in [0, 0.05) is 17.5 Å². The summed E-state index contributed by atoms with van der Waals surface area (Å²) in [6.07, 6.45) is 4.05. The molecule has 0 aliphatic carbocycles. The molecule has 0 spiro atoms. The molecule has 1 heterocycles. The summed E-state index contributed by atoms with van der Waals surface area (Å²) in [6.45, 7) is 5.22. The van der Waals surface area contributed by atoms with Crippen LogP contribution in [0.25, 0.3) is 0 Å². The number of ether oxygens (including phenoxy) is 1. The van der Waals surface area contributed by atoms with Crippen LogP contribution in [-0.2, 0) is 12.8 Å². The average Bonchev–Trinajstić information content (AvgIpc) is 2.81. The van der Waals surface area contributed by atoms with Crippen LogP contribution in [0.15, 0.2) is 12.1 Å². The molecular weight excluding hydrogens is 260 g/mol. The van der Waals surface area contributed by atoms with Crippen LogP contribution in [0.3, 0.4) is 0 Å². The number of hydrazine groups is 1. The highest BCUT2D eigenvalue weighted by atomic mass is 35.5. The maximum absolute atomic E-state index is 6.18. The molecule has 0 fully saturated rings. The Morgan fingerprint density at radius 3 is 2.84 bits per heavy atom. The molecule has 4 heteroatoms. The standard InChI is InChI=1S/C15H23ClN2O/c1-10(2)3-4-14(18-17)9-12-8-13(16)7-11-5-6-19-15(11)12/h7-8,10,14,18H,3-6,9,17H2,1-2H3. The van der Waals surface area contributed by atoms with Crippen LogP contribution >= 0.6 is 11.6 Å². The number of rotatable bonds is 6. The van der Waals surface area contributed by atoms with Crippen molar-refractivity contribution < 1.29 is 4.74 Å². The van der Waals surface area contributed by atoms with E-state index in [-0.39, 0.29) is 6.04 Å². The Labute approximate surface area is 120 Å². The topological polar surface area (TPSA) is 47.3 Å². The van der Waals surface area contributed by atoms with E-state index in [1.807, 2.05) is 12.1 Å². The molecule has 1 aliphatic heterocycles. The van der Waals surface area contributed by atoms with Crippen LogP contribution in [0.5, 0.6) is 5.75 Å². The van der Waals surface area contributed by atoms with Gasteiger partial charge in [-0.25, -0.2) is 0 Å². The maximum Gasteiger partial charge on any atom is 0.125 e. The molecule has 1 atom stereocenters. The van der Waals surface area contributed by atoms with Crippen LogP contribution in [-0.4, -0.2) is 12.6 Å². The molecule has 0 amide bonds. The molecule has 1 aliphatic rings. The first-order valence-electron chi connectivity index (χ1n) is 7.00. The van der Waals surface area contributed by atoms with Crippen molar-refractivity contribution in [1.82, 2.24) is 5.43 Å². The van der Waals surface area contributed by atoms with Gasteiger partial charge in [-0.05, 0) is 48.4 Å². The first-order valence-corrected chi connectivity index (χ1v) is 7.38. The number of nitrogens with one attached hydrogen (secondary N) is 1. The minimum absolute atomic E-state index is 0.272. The van der Waals surface area contributed by atoms with Gasteiger partial charge in [-0.2, -0.15) is 0 Å². The van der Waals surface area contributed by atoms with Crippen LogP contribution in [0.4, 0.5) is 0 Å². The van der Waals surface area contributed by atoms with E-state index in [0.717, 1.165) is 36.6 Å². The van der Waals surface area contributed by atoms with Gasteiger partial charge >= 0.3 is 0 Å². The third-order valence-electron chi connectivity index (χ3n) is 3.62. The van der Waals surface area contributed by atoms with Crippen molar-refractivity contribution in [3.8, 4) is 5.75 Å². The fraction of sp³-hybridized carbons (Fsp3) is 0.600. The molecule has 3 nitrogen and oxygen atoms in total. The summed E-state index contributed by atoms with van der Waals surface area (Å²) in [4.78, 5) is 0. The number of hydrogen-bond acceptors (Lipinski definition) is 3. The second-order valence-electron chi connectivity index (χ2n) is 5.69. The number of hydrogen-bond donors (Lipinski definition) is 2. The van der Waals surface area contributed by atoms with Crippen molar-refractivity contribution in [2.24, 2.45) is 11.8 Å². The van der Waals surface area contributed by atoms with Gasteiger partial charge in [-0.15, -0.1) is 0 Å². The molecule has 2 rings (SSSR count). The van der Waals surface area contributed by atoms with E-state index in [0.29, 0.717) is 5.92 Å². The lowest BCUT2D eigenvalue weighted by molar-refractivity contribution is 0.349. The number of nitrogens with two attached hydrogens (primary N) is 1. The smallest absolute Gasteiger partial charge is 0.125 e. The zero-order valence-corrected chi connectivity index (χ0v) is 12.5. The van der Waals surface area contributed by atoms with Gasteiger partial charge in [0.1, 0.15) is 5.75 Å². The lowest BCUT2D eigenvalue weighted by Gasteiger charge is -2.18. The van der Waals surface area contributed by atoms with E-state index in [1.165, 1.54) is 17.5 Å². The van der Waals surface area contributed by atoms with Gasteiger partial charge < -0.3 is 4.74 Å². The van der Waals surface area contributed by atoms with Crippen molar-refractivity contribution in [2.45, 2.75) is 45.6 Å². The third-order valence-corrected chi connectivity index (χ3v) is 3.84. The Balaban J connectivity index is 2.09. The molecule has 1 aromatic rings. The highest BCUT2D eigenvalue weighted by Crippen LogP contribution is 2.33. The molecule has 0 saturated carbocycles. The Morgan fingerprint density at radius 1 is 1.37 bits per heavy atom. The summed E-state index contributed by atoms with van der Waals surface area (Å²) in [5, 5.41) is 0.791. The van der Waals surface area contributed by atoms with Crippen molar-refractivity contribution in [2.75, 3.05) is 6.61 Å². The van der Waals surface area contributed by atoms with Gasteiger partial charge in [0.05, 0.1) is 6.61 Å². The van der Waals surface area contributed by atoms with E-state index in [4.69, 9.17) is 22.2 Å². The Kier molecular flexibility index (Phi) is 5.08. The zero-order chi connectivity index (χ0) is 13.8. The SMILES string of the molecule is CC(C)CCC(Cc1cc(Cl)cc2c1OCC2)NN. The second kappa shape index (κ2) is 6.60. The van der Waals surface area contributed by atoms with Crippen LogP contribution in [0.2, 0.25) is 5.02 Å². The summed E-state index contributed by atoms with van der Waals surface area (Å²) in [6, 6.07) is 4.28. The molecule has 0 aromatic heterocycles. The summed E-state index contributed by atoms with van der Waals surface area (Å²) in [7, 11) is 0. The largest absolute Gasteiger partial charge is 0.493 e. The Morgan fingerprint density at radius 2 is 2.16 bits per heavy atom. The molecule has 1 aromatic carbocycles. The highest BCUT2D eigenvalue weighted by molar-refractivity contribution is 6.30. The van der Waals surface area contributed by atoms with Crippen LogP contribution in [0.1, 0.15) is 37.8 Å². The molecule has 0 saturated heterocycles. The number of benzene rings is 1. The monoisotopic (exact) mass is 282 g/mol. The first-order chi connectivity index (χ1) is 9.10. The predicted molar refractivity (Wildman–Crippen MR) is 79.5 cm³/mol. The van der Waals surface area contributed by atoms with Crippen molar-refractivity contribution in [3.63, 3.8) is 0 Å². The Bertz CT molecular complexity index is 434. The van der Waals surface area contributed by atoms with Crippen molar-refractivity contribution in [3.05, 3.63) is 28.3 Å². The van der Waals surface area contributed by atoms with E-state index in [2.05, 4.69) is 19.3 Å². The molecule has 0 bridgehead atoms. The summed E-state index contributed by atoms with van der Waals surface area (Å²) in [5.74, 6) is 7.38. The lowest BCUT2D eigenvalue weighted by atomic mass is 9.96. The quantitative estimate of drug-likeness (QED) is 0.623. The fourth-order valence-electron chi connectivity index (χ4n) is 2.54. The second-order valence-corrected chi connectivity index (χ2v) is 6.13. The molecule has 0 radical (unpaired) electrons. The van der Waals surface area contributed by atoms with E-state index < -0.39 is 0 Å². The van der Waals surface area contributed by atoms with Crippen LogP contribution in [0, 0.1) is 5.92 Å². The van der Waals surface area contributed by atoms with Gasteiger partial charge in [0.15, 0.2) is 0 Å². The highest BCUT2D eigenvalue weighted by Gasteiger charge is 2.20. The molecule has 3 N–H and O–H groups in total. The fourth-order valence-corrected chi connectivity index (χ4v) is 2.81.